The molecular formula is C40H69N3O5. The molecule has 3 rings (SSSR count). The number of nitrogens with zero attached hydrogens (tertiary/aromatic N) is 1. The minimum Gasteiger partial charge on any atom is -0.481 e. The number of aliphatic hydroxyl groups is 3. The van der Waals surface area contributed by atoms with Crippen molar-refractivity contribution in [1.82, 2.24) is 10.3 Å². The lowest BCUT2D eigenvalue weighted by Crippen LogP contribution is -2.34. The topological polar surface area (TPSA) is 149 Å². The molecule has 274 valence electrons. The number of nitrogens with two attached hydrogens (primary N) is 1. The highest BCUT2D eigenvalue weighted by atomic mass is 16.4. The van der Waals surface area contributed by atoms with Crippen molar-refractivity contribution >= 4 is 11.8 Å². The van der Waals surface area contributed by atoms with E-state index in [9.17, 15) is 25.2 Å². The van der Waals surface area contributed by atoms with Gasteiger partial charge in [0.05, 0.1) is 23.7 Å². The first-order chi connectivity index (χ1) is 23.0. The molecule has 1 saturated carbocycles. The second-order valence-corrected chi connectivity index (χ2v) is 15.5. The molecule has 0 aromatic carbocycles. The van der Waals surface area contributed by atoms with E-state index in [2.05, 4.69) is 43.2 Å². The minimum atomic E-state index is -0.992. The Labute approximate surface area is 291 Å². The van der Waals surface area contributed by atoms with Crippen LogP contribution in [0, 0.1) is 29.6 Å². The molecule has 1 aromatic heterocycles. The van der Waals surface area contributed by atoms with Gasteiger partial charge < -0.3 is 31.5 Å². The van der Waals surface area contributed by atoms with Crippen LogP contribution in [0.25, 0.3) is 0 Å². The van der Waals surface area contributed by atoms with E-state index in [1.807, 2.05) is 12.1 Å². The van der Waals surface area contributed by atoms with Gasteiger partial charge in [-0.15, -0.1) is 0 Å². The lowest BCUT2D eigenvalue weighted by molar-refractivity contribution is -0.146. The Kier molecular flexibility index (Phi) is 17.9. The van der Waals surface area contributed by atoms with Gasteiger partial charge in [-0.05, 0) is 113 Å². The highest BCUT2D eigenvalue weighted by Gasteiger charge is 2.44. The molecule has 9 atom stereocenters. The van der Waals surface area contributed by atoms with E-state index in [1.165, 1.54) is 38.5 Å². The molecule has 1 fully saturated rings. The Morgan fingerprint density at radius 2 is 1.71 bits per heavy atom. The lowest BCUT2D eigenvalue weighted by Gasteiger charge is -2.28. The van der Waals surface area contributed by atoms with Crippen molar-refractivity contribution in [2.75, 3.05) is 12.3 Å². The quantitative estimate of drug-likeness (QED) is 0.0490. The molecule has 48 heavy (non-hydrogen) atoms. The highest BCUT2D eigenvalue weighted by Crippen LogP contribution is 2.44. The van der Waals surface area contributed by atoms with E-state index in [-0.39, 0.29) is 30.3 Å². The number of carboxylic acids is 1. The number of unbranched alkanes of at least 4 members (excludes halogenated alkanes) is 6. The van der Waals surface area contributed by atoms with Gasteiger partial charge in [0.2, 0.25) is 0 Å². The highest BCUT2D eigenvalue weighted by molar-refractivity contribution is 5.70. The smallest absolute Gasteiger partial charge is 0.309 e. The Hall–Kier alpha value is -2.00. The summed E-state index contributed by atoms with van der Waals surface area (Å²) in [6.07, 6.45) is 22.0. The first-order valence-corrected chi connectivity index (χ1v) is 19.5. The summed E-state index contributed by atoms with van der Waals surface area (Å²) in [5.74, 6) is -0.106. The van der Waals surface area contributed by atoms with Crippen LogP contribution in [-0.2, 0) is 11.2 Å². The van der Waals surface area contributed by atoms with Crippen LogP contribution in [0.5, 0.6) is 0 Å². The largest absolute Gasteiger partial charge is 0.481 e. The number of aliphatic hydroxyl groups excluding tert-OH is 2. The molecule has 1 aromatic rings. The summed E-state index contributed by atoms with van der Waals surface area (Å²) in [5, 5.41) is 47.2. The van der Waals surface area contributed by atoms with Crippen LogP contribution in [0.1, 0.15) is 142 Å². The van der Waals surface area contributed by atoms with Crippen LogP contribution in [0.2, 0.25) is 0 Å². The maximum Gasteiger partial charge on any atom is 0.309 e. The molecule has 8 heteroatoms. The van der Waals surface area contributed by atoms with Crippen LogP contribution in [0.15, 0.2) is 30.5 Å². The molecule has 0 amide bonds. The fourth-order valence-corrected chi connectivity index (χ4v) is 8.32. The number of carboxylic acid groups (broad SMARTS) is 1. The predicted octanol–water partition coefficient (Wildman–Crippen LogP) is 7.45. The number of hydrogen-bond acceptors (Lipinski definition) is 7. The third-order valence-electron chi connectivity index (χ3n) is 11.4. The SMILES string of the molecule is CCCCCC1C=CC(CCCCCC(C(=O)O)C(O)CCC2(O)CC(CNC(C)CCCCC)C(Cc3ccnc(N)c3)C2)C(O)C1. The van der Waals surface area contributed by atoms with Gasteiger partial charge in [0.25, 0.3) is 0 Å². The Balaban J connectivity index is 1.47. The van der Waals surface area contributed by atoms with Gasteiger partial charge in [0, 0.05) is 18.2 Å². The molecule has 7 N–H and O–H groups in total. The van der Waals surface area contributed by atoms with Crippen molar-refractivity contribution < 1.29 is 25.2 Å². The normalized spacial score (nSPS) is 27.6. The third-order valence-corrected chi connectivity index (χ3v) is 11.4. The fraction of sp³-hybridized carbons (Fsp3) is 0.800. The molecule has 2 aliphatic carbocycles. The van der Waals surface area contributed by atoms with Gasteiger partial charge in [-0.25, -0.2) is 4.98 Å². The summed E-state index contributed by atoms with van der Waals surface area (Å²) in [7, 11) is 0. The molecule has 0 radical (unpaired) electrons. The fourth-order valence-electron chi connectivity index (χ4n) is 8.32. The molecule has 9 unspecified atom stereocenters. The number of pyridine rings is 1. The summed E-state index contributed by atoms with van der Waals surface area (Å²) >= 11 is 0. The molecule has 1 heterocycles. The molecule has 0 aliphatic heterocycles. The summed E-state index contributed by atoms with van der Waals surface area (Å²) < 4.78 is 0. The number of carbonyl (C=O) groups is 1. The minimum absolute atomic E-state index is 0.184. The van der Waals surface area contributed by atoms with Crippen molar-refractivity contribution in [2.45, 2.75) is 167 Å². The van der Waals surface area contributed by atoms with E-state index in [0.717, 1.165) is 63.5 Å². The summed E-state index contributed by atoms with van der Waals surface area (Å²) in [6, 6.07) is 4.32. The Morgan fingerprint density at radius 3 is 2.42 bits per heavy atom. The zero-order chi connectivity index (χ0) is 34.9. The number of hydrogen-bond donors (Lipinski definition) is 6. The van der Waals surface area contributed by atoms with Crippen molar-refractivity contribution in [3.8, 4) is 0 Å². The number of aliphatic carboxylic acids is 1. The molecular weight excluding hydrogens is 602 g/mol. The first kappa shape index (κ1) is 40.4. The van der Waals surface area contributed by atoms with E-state index in [0.29, 0.717) is 43.5 Å². The molecule has 0 saturated heterocycles. The average molecular weight is 672 g/mol. The predicted molar refractivity (Wildman–Crippen MR) is 195 cm³/mol. The Morgan fingerprint density at radius 1 is 1.00 bits per heavy atom. The van der Waals surface area contributed by atoms with Crippen LogP contribution in [0.3, 0.4) is 0 Å². The van der Waals surface area contributed by atoms with Gasteiger partial charge in [0.15, 0.2) is 0 Å². The van der Waals surface area contributed by atoms with Gasteiger partial charge in [-0.3, -0.25) is 4.79 Å². The summed E-state index contributed by atoms with van der Waals surface area (Å²) in [6.45, 7) is 7.49. The van der Waals surface area contributed by atoms with E-state index < -0.39 is 23.6 Å². The summed E-state index contributed by atoms with van der Waals surface area (Å²) in [5.41, 5.74) is 6.14. The van der Waals surface area contributed by atoms with Gasteiger partial charge >= 0.3 is 5.97 Å². The van der Waals surface area contributed by atoms with Crippen molar-refractivity contribution in [3.63, 3.8) is 0 Å². The zero-order valence-electron chi connectivity index (χ0n) is 30.4. The van der Waals surface area contributed by atoms with Crippen molar-refractivity contribution in [1.29, 1.82) is 0 Å². The number of rotatable bonds is 24. The molecule has 8 nitrogen and oxygen atoms in total. The van der Waals surface area contributed by atoms with Crippen molar-refractivity contribution in [2.24, 2.45) is 29.6 Å². The van der Waals surface area contributed by atoms with Crippen LogP contribution in [0.4, 0.5) is 5.82 Å². The number of anilines is 1. The maximum atomic E-state index is 12.2. The van der Waals surface area contributed by atoms with Gasteiger partial charge in [0.1, 0.15) is 5.82 Å². The standard InChI is InChI=1S/C40H69N3O5/c1-4-6-9-13-29(3)43-28-34-27-40(48,26-33(34)23-31-20-22-42-38(41)25-31)21-19-36(44)35(39(46)47)16-12-8-11-15-32-18-17-30(24-37(32)45)14-10-7-5-2/h17-18,20,22,25,29-30,32-37,43-45,48H,4-16,19,21,23-24,26-28H2,1-3H3,(H2,41,42)(H,46,47). The van der Waals surface area contributed by atoms with E-state index in [1.54, 1.807) is 6.20 Å². The number of allylic oxidation sites excluding steroid dienone is 1. The number of nitrogen functional groups attached to an aromatic ring is 1. The monoisotopic (exact) mass is 672 g/mol. The number of aromatic nitrogens is 1. The Bertz CT molecular complexity index is 1080. The maximum absolute atomic E-state index is 12.2. The molecule has 0 spiro atoms. The lowest BCUT2D eigenvalue weighted by atomic mass is 9.81. The second kappa shape index (κ2) is 21.3. The average Bonchev–Trinajstić information content (AvgIpc) is 3.36. The van der Waals surface area contributed by atoms with Crippen molar-refractivity contribution in [3.05, 3.63) is 36.0 Å². The zero-order valence-corrected chi connectivity index (χ0v) is 30.4. The van der Waals surface area contributed by atoms with Gasteiger partial charge in [-0.2, -0.15) is 0 Å². The number of nitrogens with one attached hydrogen (secondary N) is 1. The first-order valence-electron chi connectivity index (χ1n) is 19.5. The van der Waals surface area contributed by atoms with E-state index >= 15 is 0 Å². The molecule has 0 bridgehead atoms. The van der Waals surface area contributed by atoms with Crippen LogP contribution in [-0.4, -0.2) is 61.8 Å². The van der Waals surface area contributed by atoms with Crippen LogP contribution >= 0.6 is 0 Å². The molecule has 2 aliphatic rings. The second-order valence-electron chi connectivity index (χ2n) is 15.5. The van der Waals surface area contributed by atoms with Crippen LogP contribution < -0.4 is 11.1 Å². The third kappa shape index (κ3) is 14.1. The summed E-state index contributed by atoms with van der Waals surface area (Å²) in [4.78, 5) is 16.3. The van der Waals surface area contributed by atoms with E-state index in [4.69, 9.17) is 5.73 Å². The van der Waals surface area contributed by atoms with Gasteiger partial charge in [-0.1, -0.05) is 83.8 Å².